The van der Waals surface area contributed by atoms with Crippen LogP contribution < -0.4 is 11.1 Å². The van der Waals surface area contributed by atoms with Gasteiger partial charge in [-0.25, -0.2) is 0 Å². The average Bonchev–Trinajstić information content (AvgIpc) is 2.28. The quantitative estimate of drug-likeness (QED) is 0.874. The van der Waals surface area contributed by atoms with Crippen molar-refractivity contribution in [3.05, 3.63) is 35.5 Å². The SMILES string of the molecule is CC(=O)Nc1ccc2nc(C)cc(CC(N)=O)c2c1. The van der Waals surface area contributed by atoms with E-state index in [1.165, 1.54) is 6.92 Å². The summed E-state index contributed by atoms with van der Waals surface area (Å²) in [5.41, 5.74) is 8.37. The summed E-state index contributed by atoms with van der Waals surface area (Å²) in [4.78, 5) is 26.6. The molecule has 0 fully saturated rings. The molecule has 0 saturated carbocycles. The zero-order valence-corrected chi connectivity index (χ0v) is 10.9. The van der Waals surface area contributed by atoms with Crippen molar-refractivity contribution in [2.75, 3.05) is 5.32 Å². The van der Waals surface area contributed by atoms with Gasteiger partial charge in [0, 0.05) is 23.7 Å². The number of hydrogen-bond donors (Lipinski definition) is 2. The van der Waals surface area contributed by atoms with Crippen LogP contribution in [0.2, 0.25) is 0 Å². The average molecular weight is 257 g/mol. The first-order valence-corrected chi connectivity index (χ1v) is 5.92. The molecule has 0 aliphatic rings. The van der Waals surface area contributed by atoms with E-state index >= 15 is 0 Å². The Balaban J connectivity index is 2.57. The Hall–Kier alpha value is -2.43. The van der Waals surface area contributed by atoms with Crippen LogP contribution in [0.25, 0.3) is 10.9 Å². The normalized spacial score (nSPS) is 10.4. The Labute approximate surface area is 110 Å². The van der Waals surface area contributed by atoms with Gasteiger partial charge in [0.05, 0.1) is 11.9 Å². The van der Waals surface area contributed by atoms with E-state index in [-0.39, 0.29) is 12.3 Å². The molecule has 1 heterocycles. The minimum atomic E-state index is -0.392. The van der Waals surface area contributed by atoms with Crippen molar-refractivity contribution in [1.29, 1.82) is 0 Å². The van der Waals surface area contributed by atoms with Crippen molar-refractivity contribution in [3.63, 3.8) is 0 Å². The van der Waals surface area contributed by atoms with Crippen LogP contribution in [-0.2, 0) is 16.0 Å². The van der Waals surface area contributed by atoms with Gasteiger partial charge in [0.25, 0.3) is 0 Å². The Bertz CT molecular complexity index is 665. The van der Waals surface area contributed by atoms with Crippen LogP contribution in [0.15, 0.2) is 24.3 Å². The summed E-state index contributed by atoms with van der Waals surface area (Å²) in [6.07, 6.45) is 0.156. The molecule has 19 heavy (non-hydrogen) atoms. The van der Waals surface area contributed by atoms with Gasteiger partial charge in [-0.3, -0.25) is 14.6 Å². The van der Waals surface area contributed by atoms with Crippen molar-refractivity contribution >= 4 is 28.4 Å². The number of nitrogens with two attached hydrogens (primary N) is 1. The summed E-state index contributed by atoms with van der Waals surface area (Å²) in [6.45, 7) is 3.31. The molecule has 0 bridgehead atoms. The number of hydrogen-bond acceptors (Lipinski definition) is 3. The number of carbonyl (C=O) groups excluding carboxylic acids is 2. The molecular formula is C14H15N3O2. The maximum atomic E-state index is 11.1. The monoisotopic (exact) mass is 257 g/mol. The third-order valence-corrected chi connectivity index (χ3v) is 2.71. The van der Waals surface area contributed by atoms with E-state index in [2.05, 4.69) is 10.3 Å². The Morgan fingerprint density at radius 3 is 2.68 bits per heavy atom. The second-order valence-corrected chi connectivity index (χ2v) is 4.48. The first kappa shape index (κ1) is 13.0. The van der Waals surface area contributed by atoms with Gasteiger partial charge < -0.3 is 11.1 Å². The maximum Gasteiger partial charge on any atom is 0.221 e. The van der Waals surface area contributed by atoms with Gasteiger partial charge in [-0.05, 0) is 36.8 Å². The Morgan fingerprint density at radius 2 is 2.05 bits per heavy atom. The fourth-order valence-electron chi connectivity index (χ4n) is 2.06. The van der Waals surface area contributed by atoms with E-state index in [0.29, 0.717) is 5.69 Å². The maximum absolute atomic E-state index is 11.1. The highest BCUT2D eigenvalue weighted by Gasteiger charge is 2.08. The first-order chi connectivity index (χ1) is 8.95. The molecule has 0 spiro atoms. The zero-order valence-electron chi connectivity index (χ0n) is 10.9. The molecule has 0 radical (unpaired) electrons. The standard InChI is InChI=1S/C14H15N3O2/c1-8-5-10(6-14(15)19)12-7-11(17-9(2)18)3-4-13(12)16-8/h3-5,7H,6H2,1-2H3,(H2,15,19)(H,17,18). The lowest BCUT2D eigenvalue weighted by Gasteiger charge is -2.09. The zero-order chi connectivity index (χ0) is 14.0. The lowest BCUT2D eigenvalue weighted by atomic mass is 10.0. The molecule has 0 aliphatic carbocycles. The smallest absolute Gasteiger partial charge is 0.221 e. The molecule has 1 aromatic carbocycles. The molecule has 5 heteroatoms. The van der Waals surface area contributed by atoms with E-state index in [1.54, 1.807) is 12.1 Å². The lowest BCUT2D eigenvalue weighted by molar-refractivity contribution is -0.117. The van der Waals surface area contributed by atoms with Crippen molar-refractivity contribution in [2.24, 2.45) is 5.73 Å². The van der Waals surface area contributed by atoms with Crippen molar-refractivity contribution in [1.82, 2.24) is 4.98 Å². The van der Waals surface area contributed by atoms with Crippen molar-refractivity contribution < 1.29 is 9.59 Å². The van der Waals surface area contributed by atoms with Crippen LogP contribution in [0, 0.1) is 6.92 Å². The second kappa shape index (κ2) is 5.06. The number of primary amides is 1. The summed E-state index contributed by atoms with van der Waals surface area (Å²) in [6, 6.07) is 7.24. The molecule has 3 N–H and O–H groups in total. The Morgan fingerprint density at radius 1 is 1.32 bits per heavy atom. The Kier molecular flexibility index (Phi) is 3.46. The molecule has 1 aromatic heterocycles. The van der Waals surface area contributed by atoms with Gasteiger partial charge in [0.15, 0.2) is 0 Å². The molecule has 0 atom stereocenters. The fraction of sp³-hybridized carbons (Fsp3) is 0.214. The number of amides is 2. The van der Waals surface area contributed by atoms with Gasteiger partial charge in [-0.2, -0.15) is 0 Å². The summed E-state index contributed by atoms with van der Waals surface area (Å²) >= 11 is 0. The topological polar surface area (TPSA) is 85.1 Å². The number of fused-ring (bicyclic) bond motifs is 1. The van der Waals surface area contributed by atoms with Gasteiger partial charge in [-0.15, -0.1) is 0 Å². The molecule has 2 rings (SSSR count). The number of benzene rings is 1. The second-order valence-electron chi connectivity index (χ2n) is 4.48. The molecule has 0 aliphatic heterocycles. The molecule has 2 amide bonds. The van der Waals surface area contributed by atoms with Crippen LogP contribution in [0.3, 0.4) is 0 Å². The number of aryl methyl sites for hydroxylation is 1. The minimum Gasteiger partial charge on any atom is -0.369 e. The fourth-order valence-corrected chi connectivity index (χ4v) is 2.06. The number of pyridine rings is 1. The van der Waals surface area contributed by atoms with Gasteiger partial charge in [0.1, 0.15) is 0 Å². The lowest BCUT2D eigenvalue weighted by Crippen LogP contribution is -2.14. The van der Waals surface area contributed by atoms with E-state index in [9.17, 15) is 9.59 Å². The number of nitrogens with one attached hydrogen (secondary N) is 1. The molecule has 2 aromatic rings. The molecular weight excluding hydrogens is 242 g/mol. The van der Waals surface area contributed by atoms with Crippen LogP contribution >= 0.6 is 0 Å². The van der Waals surface area contributed by atoms with Crippen LogP contribution in [-0.4, -0.2) is 16.8 Å². The number of carbonyl (C=O) groups is 2. The number of nitrogens with zero attached hydrogens (tertiary/aromatic N) is 1. The summed E-state index contributed by atoms with van der Waals surface area (Å²) in [7, 11) is 0. The predicted octanol–water partition coefficient (Wildman–Crippen LogP) is 1.53. The predicted molar refractivity (Wildman–Crippen MR) is 73.7 cm³/mol. The molecule has 0 unspecified atom stereocenters. The highest BCUT2D eigenvalue weighted by atomic mass is 16.1. The number of anilines is 1. The van der Waals surface area contributed by atoms with E-state index in [4.69, 9.17) is 5.73 Å². The highest BCUT2D eigenvalue weighted by molar-refractivity contribution is 5.94. The van der Waals surface area contributed by atoms with Crippen LogP contribution in [0.5, 0.6) is 0 Å². The summed E-state index contributed by atoms with van der Waals surface area (Å²) < 4.78 is 0. The van der Waals surface area contributed by atoms with Crippen LogP contribution in [0.1, 0.15) is 18.2 Å². The summed E-state index contributed by atoms with van der Waals surface area (Å²) in [5, 5.41) is 3.54. The largest absolute Gasteiger partial charge is 0.369 e. The summed E-state index contributed by atoms with van der Waals surface area (Å²) in [5.74, 6) is -0.535. The molecule has 0 saturated heterocycles. The third kappa shape index (κ3) is 3.07. The van der Waals surface area contributed by atoms with E-state index in [0.717, 1.165) is 22.2 Å². The third-order valence-electron chi connectivity index (χ3n) is 2.71. The minimum absolute atomic E-state index is 0.143. The van der Waals surface area contributed by atoms with Gasteiger partial charge in [0.2, 0.25) is 11.8 Å². The highest BCUT2D eigenvalue weighted by Crippen LogP contribution is 2.23. The van der Waals surface area contributed by atoms with Crippen LogP contribution in [0.4, 0.5) is 5.69 Å². The van der Waals surface area contributed by atoms with Gasteiger partial charge >= 0.3 is 0 Å². The molecule has 98 valence electrons. The van der Waals surface area contributed by atoms with E-state index < -0.39 is 5.91 Å². The van der Waals surface area contributed by atoms with Crippen molar-refractivity contribution in [2.45, 2.75) is 20.3 Å². The van der Waals surface area contributed by atoms with Crippen molar-refractivity contribution in [3.8, 4) is 0 Å². The number of aromatic nitrogens is 1. The van der Waals surface area contributed by atoms with Gasteiger partial charge in [-0.1, -0.05) is 0 Å². The number of rotatable bonds is 3. The van der Waals surface area contributed by atoms with E-state index in [1.807, 2.05) is 19.1 Å². The molecule has 5 nitrogen and oxygen atoms in total. The first-order valence-electron chi connectivity index (χ1n) is 5.92.